The molecule has 2 aromatic heterocycles. The fourth-order valence-electron chi connectivity index (χ4n) is 2.72. The third kappa shape index (κ3) is 3.82. The second-order valence-electron chi connectivity index (χ2n) is 6.18. The number of nitrogens with two attached hydrogens (primary N) is 1. The zero-order valence-electron chi connectivity index (χ0n) is 15.7. The summed E-state index contributed by atoms with van der Waals surface area (Å²) < 4.78 is 6.92. The number of carbonyl (C=O) groups excluding carboxylic acids is 1. The van der Waals surface area contributed by atoms with Crippen molar-refractivity contribution in [2.75, 3.05) is 5.73 Å². The van der Waals surface area contributed by atoms with E-state index in [0.717, 1.165) is 10.0 Å². The second kappa shape index (κ2) is 8.25. The van der Waals surface area contributed by atoms with Crippen molar-refractivity contribution in [2.24, 2.45) is 5.10 Å². The van der Waals surface area contributed by atoms with Crippen LogP contribution >= 0.6 is 15.9 Å². The summed E-state index contributed by atoms with van der Waals surface area (Å²) in [5, 5.41) is 19.5. The molecule has 0 unspecified atom stereocenters. The maximum Gasteiger partial charge on any atom is 0.294 e. The van der Waals surface area contributed by atoms with E-state index >= 15 is 0 Å². The van der Waals surface area contributed by atoms with E-state index in [9.17, 15) is 4.79 Å². The highest BCUT2D eigenvalue weighted by Gasteiger charge is 2.25. The van der Waals surface area contributed by atoms with Gasteiger partial charge in [-0.25, -0.2) is 10.1 Å². The summed E-state index contributed by atoms with van der Waals surface area (Å²) in [7, 11) is 0. The number of aromatic nitrogens is 5. The number of anilines is 1. The van der Waals surface area contributed by atoms with Gasteiger partial charge in [0, 0.05) is 10.0 Å². The summed E-state index contributed by atoms with van der Waals surface area (Å²) >= 11 is 3.39. The predicted molar refractivity (Wildman–Crippen MR) is 113 cm³/mol. The number of rotatable bonds is 5. The molecule has 4 aromatic rings. The van der Waals surface area contributed by atoms with E-state index in [1.54, 1.807) is 6.92 Å². The Morgan fingerprint density at radius 2 is 1.87 bits per heavy atom. The van der Waals surface area contributed by atoms with Gasteiger partial charge in [-0.05, 0) is 34.9 Å². The van der Waals surface area contributed by atoms with Gasteiger partial charge in [-0.2, -0.15) is 9.78 Å². The van der Waals surface area contributed by atoms with Crippen molar-refractivity contribution in [1.82, 2.24) is 30.7 Å². The van der Waals surface area contributed by atoms with Crippen LogP contribution in [0, 0.1) is 0 Å². The predicted octanol–water partition coefficient (Wildman–Crippen LogP) is 2.82. The molecule has 0 spiro atoms. The monoisotopic (exact) mass is 466 g/mol. The third-order valence-electron chi connectivity index (χ3n) is 4.22. The van der Waals surface area contributed by atoms with Crippen LogP contribution in [0.2, 0.25) is 0 Å². The first-order valence-electron chi connectivity index (χ1n) is 8.74. The maximum atomic E-state index is 12.9. The number of carbonyl (C=O) groups is 1. The molecule has 11 heteroatoms. The minimum atomic E-state index is -0.536. The Labute approximate surface area is 178 Å². The number of hydrazone groups is 1. The van der Waals surface area contributed by atoms with Gasteiger partial charge >= 0.3 is 0 Å². The number of hydrogen-bond donors (Lipinski definition) is 2. The number of hydrogen-bond acceptors (Lipinski definition) is 8. The molecule has 0 saturated carbocycles. The summed E-state index contributed by atoms with van der Waals surface area (Å²) in [5.41, 5.74) is 10.9. The molecule has 0 aliphatic heterocycles. The Morgan fingerprint density at radius 3 is 2.53 bits per heavy atom. The van der Waals surface area contributed by atoms with Gasteiger partial charge in [-0.15, -0.1) is 5.10 Å². The summed E-state index contributed by atoms with van der Waals surface area (Å²) in [6, 6.07) is 16.7. The van der Waals surface area contributed by atoms with Gasteiger partial charge in [-0.3, -0.25) is 4.79 Å². The van der Waals surface area contributed by atoms with Gasteiger partial charge in [0.25, 0.3) is 5.91 Å². The van der Waals surface area contributed by atoms with E-state index < -0.39 is 5.91 Å². The average molecular weight is 467 g/mol. The highest BCUT2D eigenvalue weighted by atomic mass is 79.9. The molecule has 0 fully saturated rings. The summed E-state index contributed by atoms with van der Waals surface area (Å²) in [6.45, 7) is 1.79. The Kier molecular flexibility index (Phi) is 5.35. The smallest absolute Gasteiger partial charge is 0.294 e. The number of halogens is 1. The fourth-order valence-corrected chi connectivity index (χ4v) is 2.98. The Morgan fingerprint density at radius 1 is 1.13 bits per heavy atom. The third-order valence-corrected chi connectivity index (χ3v) is 4.74. The first-order valence-corrected chi connectivity index (χ1v) is 9.54. The van der Waals surface area contributed by atoms with Gasteiger partial charge in [0.15, 0.2) is 5.69 Å². The molecule has 0 aliphatic rings. The molecule has 150 valence electrons. The van der Waals surface area contributed by atoms with E-state index in [1.165, 1.54) is 4.68 Å². The molecule has 0 atom stereocenters. The molecule has 10 nitrogen and oxygen atoms in total. The van der Waals surface area contributed by atoms with E-state index in [0.29, 0.717) is 17.0 Å². The first-order chi connectivity index (χ1) is 14.5. The molecule has 30 heavy (non-hydrogen) atoms. The molecule has 0 aliphatic carbocycles. The van der Waals surface area contributed by atoms with Gasteiger partial charge in [0.2, 0.25) is 11.6 Å². The van der Waals surface area contributed by atoms with Crippen molar-refractivity contribution in [1.29, 1.82) is 0 Å². The molecule has 4 rings (SSSR count). The van der Waals surface area contributed by atoms with Crippen molar-refractivity contribution >= 4 is 33.4 Å². The van der Waals surface area contributed by atoms with Crippen molar-refractivity contribution < 1.29 is 9.42 Å². The molecular weight excluding hydrogens is 452 g/mol. The quantitative estimate of drug-likeness (QED) is 0.340. The summed E-state index contributed by atoms with van der Waals surface area (Å²) in [5.74, 6) is -0.380. The second-order valence-corrected chi connectivity index (χ2v) is 7.10. The number of amides is 1. The van der Waals surface area contributed by atoms with Crippen LogP contribution in [0.3, 0.4) is 0 Å². The number of nitrogen functional groups attached to an aromatic ring is 1. The molecule has 0 saturated heterocycles. The topological polar surface area (TPSA) is 137 Å². The van der Waals surface area contributed by atoms with E-state index in [1.807, 2.05) is 54.6 Å². The number of benzene rings is 2. The maximum absolute atomic E-state index is 12.9. The largest absolute Gasteiger partial charge is 0.378 e. The van der Waals surface area contributed by atoms with Gasteiger partial charge in [0.05, 0.1) is 5.71 Å². The van der Waals surface area contributed by atoms with Crippen LogP contribution < -0.4 is 11.2 Å². The molecule has 1 amide bonds. The van der Waals surface area contributed by atoms with E-state index in [2.05, 4.69) is 51.7 Å². The van der Waals surface area contributed by atoms with Crippen LogP contribution in [-0.2, 0) is 0 Å². The Hall–Kier alpha value is -3.86. The summed E-state index contributed by atoms with van der Waals surface area (Å²) in [6.07, 6.45) is 0. The van der Waals surface area contributed by atoms with E-state index in [4.69, 9.17) is 5.73 Å². The highest BCUT2D eigenvalue weighted by Crippen LogP contribution is 2.26. The van der Waals surface area contributed by atoms with Crippen molar-refractivity contribution in [3.05, 3.63) is 70.3 Å². The molecule has 3 N–H and O–H groups in total. The molecule has 0 radical (unpaired) electrons. The Balaban J connectivity index is 1.69. The van der Waals surface area contributed by atoms with Gasteiger partial charge < -0.3 is 5.73 Å². The van der Waals surface area contributed by atoms with Crippen LogP contribution in [0.25, 0.3) is 17.1 Å². The standard InChI is InChI=1S/C19H15BrN8O2/c1-11(12-7-9-14(20)10-8-12)22-24-19(29)15-16(13-5-3-2-4-6-13)28(27-23-15)18-17(21)25-30-26-18/h2-10H,1H3,(H2,21,25)(H,24,29)/b22-11+. The van der Waals surface area contributed by atoms with Crippen molar-refractivity contribution in [3.8, 4) is 17.1 Å². The zero-order valence-corrected chi connectivity index (χ0v) is 17.2. The van der Waals surface area contributed by atoms with Crippen LogP contribution in [0.5, 0.6) is 0 Å². The Bertz CT molecular complexity index is 1220. The van der Waals surface area contributed by atoms with Crippen molar-refractivity contribution in [3.63, 3.8) is 0 Å². The lowest BCUT2D eigenvalue weighted by atomic mass is 10.1. The lowest BCUT2D eigenvalue weighted by Crippen LogP contribution is -2.21. The van der Waals surface area contributed by atoms with Crippen LogP contribution in [-0.4, -0.2) is 36.9 Å². The highest BCUT2D eigenvalue weighted by molar-refractivity contribution is 9.10. The first kappa shape index (κ1) is 19.5. The van der Waals surface area contributed by atoms with Gasteiger partial charge in [-0.1, -0.05) is 63.6 Å². The average Bonchev–Trinajstić information content (AvgIpc) is 3.38. The minimum Gasteiger partial charge on any atom is -0.378 e. The van der Waals surface area contributed by atoms with Crippen LogP contribution in [0.4, 0.5) is 5.82 Å². The molecule has 2 aromatic carbocycles. The number of nitrogens with one attached hydrogen (secondary N) is 1. The molecule has 0 bridgehead atoms. The van der Waals surface area contributed by atoms with Crippen LogP contribution in [0.1, 0.15) is 23.0 Å². The summed E-state index contributed by atoms with van der Waals surface area (Å²) in [4.78, 5) is 12.9. The minimum absolute atomic E-state index is 0.0214. The zero-order chi connectivity index (χ0) is 21.1. The SMILES string of the molecule is C/C(=N\NC(=O)c1nnn(-c2nonc2N)c1-c1ccccc1)c1ccc(Br)cc1. The van der Waals surface area contributed by atoms with Gasteiger partial charge in [0.1, 0.15) is 5.69 Å². The van der Waals surface area contributed by atoms with E-state index in [-0.39, 0.29) is 17.3 Å². The van der Waals surface area contributed by atoms with Crippen LogP contribution in [0.15, 0.2) is 68.8 Å². The number of nitrogens with zero attached hydrogens (tertiary/aromatic N) is 6. The molecule has 2 heterocycles. The lowest BCUT2D eigenvalue weighted by Gasteiger charge is -2.06. The fraction of sp³-hybridized carbons (Fsp3) is 0.0526. The van der Waals surface area contributed by atoms with Crippen molar-refractivity contribution in [2.45, 2.75) is 6.92 Å². The molecular formula is C19H15BrN8O2. The normalized spacial score (nSPS) is 11.5. The lowest BCUT2D eigenvalue weighted by molar-refractivity contribution is 0.0950.